The van der Waals surface area contributed by atoms with E-state index in [0.717, 1.165) is 0 Å². The number of nitrogens with one attached hydrogen (secondary N) is 2. The van der Waals surface area contributed by atoms with Gasteiger partial charge in [0.15, 0.2) is 5.96 Å². The minimum Gasteiger partial charge on any atom is -0.369 e. The smallest absolute Gasteiger partial charge is 0.237 e. The van der Waals surface area contributed by atoms with Crippen molar-refractivity contribution in [3.8, 4) is 0 Å². The van der Waals surface area contributed by atoms with Gasteiger partial charge in [0.25, 0.3) is 0 Å². The maximum Gasteiger partial charge on any atom is 0.237 e. The highest BCUT2D eigenvalue weighted by molar-refractivity contribution is 7.90. The number of sulfonamides is 1. The van der Waals surface area contributed by atoms with Crippen LogP contribution >= 0.6 is 0 Å². The van der Waals surface area contributed by atoms with Gasteiger partial charge in [0, 0.05) is 0 Å². The molecule has 1 rings (SSSR count). The van der Waals surface area contributed by atoms with Crippen LogP contribution in [0.15, 0.2) is 0 Å². The zero-order valence-corrected chi connectivity index (χ0v) is 6.11. The fourth-order valence-electron chi connectivity index (χ4n) is 0.615. The monoisotopic (exact) mass is 163 g/mol. The minimum absolute atomic E-state index is 0.309. The molecule has 0 heterocycles. The molecule has 0 radical (unpaired) electrons. The molecule has 4 N–H and O–H groups in total. The van der Waals surface area contributed by atoms with Gasteiger partial charge in [-0.2, -0.15) is 0 Å². The standard InChI is InChI=1S/C4H9N3O2S/c5-4(6)7-10(8,9)3-1-2-3/h3H,1-2H2,(H4,5,6,7). The minimum atomic E-state index is -3.29. The summed E-state index contributed by atoms with van der Waals surface area (Å²) >= 11 is 0. The van der Waals surface area contributed by atoms with Crippen molar-refractivity contribution in [3.63, 3.8) is 0 Å². The van der Waals surface area contributed by atoms with Crippen LogP contribution in [0.1, 0.15) is 12.8 Å². The number of hydrogen-bond donors (Lipinski definition) is 3. The molecule has 1 aliphatic carbocycles. The second-order valence-electron chi connectivity index (χ2n) is 2.26. The summed E-state index contributed by atoms with van der Waals surface area (Å²) in [4.78, 5) is 0. The van der Waals surface area contributed by atoms with E-state index in [1.165, 1.54) is 0 Å². The van der Waals surface area contributed by atoms with Crippen molar-refractivity contribution in [1.29, 1.82) is 5.41 Å². The first-order chi connectivity index (χ1) is 4.52. The van der Waals surface area contributed by atoms with Crippen LogP contribution in [0.5, 0.6) is 0 Å². The predicted molar refractivity (Wildman–Crippen MR) is 37.0 cm³/mol. The van der Waals surface area contributed by atoms with E-state index in [4.69, 9.17) is 11.1 Å². The highest BCUT2D eigenvalue weighted by Crippen LogP contribution is 2.26. The topological polar surface area (TPSA) is 96.0 Å². The van der Waals surface area contributed by atoms with Crippen molar-refractivity contribution in [2.45, 2.75) is 18.1 Å². The zero-order valence-electron chi connectivity index (χ0n) is 5.29. The Morgan fingerprint density at radius 1 is 1.60 bits per heavy atom. The Bertz CT molecular complexity index is 241. The lowest BCUT2D eigenvalue weighted by Crippen LogP contribution is -2.37. The maximum absolute atomic E-state index is 10.9. The third-order valence-electron chi connectivity index (χ3n) is 1.22. The van der Waals surface area contributed by atoms with Gasteiger partial charge in [-0.15, -0.1) is 0 Å². The Morgan fingerprint density at radius 2 is 2.10 bits per heavy atom. The van der Waals surface area contributed by atoms with Gasteiger partial charge in [-0.3, -0.25) is 10.1 Å². The molecule has 10 heavy (non-hydrogen) atoms. The quantitative estimate of drug-likeness (QED) is 0.358. The third kappa shape index (κ3) is 1.60. The summed E-state index contributed by atoms with van der Waals surface area (Å²) in [5, 5.41) is 6.35. The lowest BCUT2D eigenvalue weighted by Gasteiger charge is -2.01. The molecular formula is C4H9N3O2S. The molecule has 6 heteroatoms. The summed E-state index contributed by atoms with van der Waals surface area (Å²) in [7, 11) is -3.29. The summed E-state index contributed by atoms with van der Waals surface area (Å²) in [6.07, 6.45) is 1.37. The fourth-order valence-corrected chi connectivity index (χ4v) is 1.84. The molecule has 0 aromatic carbocycles. The summed E-state index contributed by atoms with van der Waals surface area (Å²) in [6, 6.07) is 0. The molecule has 0 bridgehead atoms. The molecule has 1 aliphatic rings. The highest BCUT2D eigenvalue weighted by Gasteiger charge is 2.35. The van der Waals surface area contributed by atoms with E-state index < -0.39 is 16.0 Å². The molecule has 0 amide bonds. The largest absolute Gasteiger partial charge is 0.369 e. The summed E-state index contributed by atoms with van der Waals surface area (Å²) in [5.41, 5.74) is 4.84. The van der Waals surface area contributed by atoms with E-state index in [1.54, 1.807) is 0 Å². The van der Waals surface area contributed by atoms with Crippen molar-refractivity contribution in [2.75, 3.05) is 0 Å². The lowest BCUT2D eigenvalue weighted by atomic mass is 11.0. The predicted octanol–water partition coefficient (Wildman–Crippen LogP) is -1.04. The van der Waals surface area contributed by atoms with Gasteiger partial charge in [0.05, 0.1) is 5.25 Å². The zero-order chi connectivity index (χ0) is 7.78. The first-order valence-corrected chi connectivity index (χ1v) is 4.42. The Hall–Kier alpha value is -0.780. The van der Waals surface area contributed by atoms with Crippen LogP contribution in [0.25, 0.3) is 0 Å². The molecule has 58 valence electrons. The van der Waals surface area contributed by atoms with Crippen molar-refractivity contribution in [1.82, 2.24) is 4.72 Å². The molecule has 0 spiro atoms. The molecule has 0 aromatic heterocycles. The summed E-state index contributed by atoms with van der Waals surface area (Å²) in [5.74, 6) is -0.507. The van der Waals surface area contributed by atoms with Crippen LogP contribution in [-0.2, 0) is 10.0 Å². The number of nitrogens with two attached hydrogens (primary N) is 1. The SMILES string of the molecule is N=C(N)NS(=O)(=O)C1CC1. The van der Waals surface area contributed by atoms with Gasteiger partial charge < -0.3 is 5.73 Å². The molecule has 0 saturated heterocycles. The molecule has 0 atom stereocenters. The lowest BCUT2D eigenvalue weighted by molar-refractivity contribution is 0.591. The van der Waals surface area contributed by atoms with Crippen LogP contribution in [0.3, 0.4) is 0 Å². The van der Waals surface area contributed by atoms with E-state index in [9.17, 15) is 8.42 Å². The molecule has 5 nitrogen and oxygen atoms in total. The van der Waals surface area contributed by atoms with Crippen molar-refractivity contribution >= 4 is 16.0 Å². The molecule has 0 unspecified atom stereocenters. The molecule has 1 fully saturated rings. The van der Waals surface area contributed by atoms with E-state index >= 15 is 0 Å². The average Bonchev–Trinajstić information content (AvgIpc) is 2.35. The first-order valence-electron chi connectivity index (χ1n) is 2.88. The second-order valence-corrected chi connectivity index (χ2v) is 4.22. The number of guanidine groups is 1. The van der Waals surface area contributed by atoms with E-state index in [0.29, 0.717) is 12.8 Å². The van der Waals surface area contributed by atoms with Crippen molar-refractivity contribution in [2.24, 2.45) is 5.73 Å². The van der Waals surface area contributed by atoms with Gasteiger partial charge >= 0.3 is 0 Å². The van der Waals surface area contributed by atoms with E-state index in [-0.39, 0.29) is 5.25 Å². The second kappa shape index (κ2) is 2.12. The summed E-state index contributed by atoms with van der Waals surface area (Å²) in [6.45, 7) is 0. The van der Waals surface area contributed by atoms with Crippen LogP contribution in [0, 0.1) is 5.41 Å². The van der Waals surface area contributed by atoms with Gasteiger partial charge in [-0.25, -0.2) is 8.42 Å². The van der Waals surface area contributed by atoms with Crippen LogP contribution in [0.2, 0.25) is 0 Å². The van der Waals surface area contributed by atoms with Crippen molar-refractivity contribution < 1.29 is 8.42 Å². The number of hydrogen-bond acceptors (Lipinski definition) is 3. The highest BCUT2D eigenvalue weighted by atomic mass is 32.2. The van der Waals surface area contributed by atoms with Crippen LogP contribution in [0.4, 0.5) is 0 Å². The van der Waals surface area contributed by atoms with Crippen molar-refractivity contribution in [3.05, 3.63) is 0 Å². The summed E-state index contributed by atoms with van der Waals surface area (Å²) < 4.78 is 23.7. The fraction of sp³-hybridized carbons (Fsp3) is 0.750. The Morgan fingerprint density at radius 3 is 2.40 bits per heavy atom. The maximum atomic E-state index is 10.9. The first kappa shape index (κ1) is 7.33. The van der Waals surface area contributed by atoms with Crippen LogP contribution < -0.4 is 10.5 Å². The van der Waals surface area contributed by atoms with Crippen LogP contribution in [-0.4, -0.2) is 19.6 Å². The van der Waals surface area contributed by atoms with Gasteiger partial charge in [-0.1, -0.05) is 0 Å². The molecule has 0 aromatic rings. The third-order valence-corrected chi connectivity index (χ3v) is 3.07. The molecule has 1 saturated carbocycles. The Balaban J connectivity index is 2.60. The Labute approximate surface area is 59.2 Å². The Kier molecular flexibility index (Phi) is 1.55. The van der Waals surface area contributed by atoms with Gasteiger partial charge in [0.1, 0.15) is 0 Å². The van der Waals surface area contributed by atoms with Gasteiger partial charge in [0.2, 0.25) is 10.0 Å². The average molecular weight is 163 g/mol. The van der Waals surface area contributed by atoms with E-state index in [2.05, 4.69) is 0 Å². The van der Waals surface area contributed by atoms with Gasteiger partial charge in [-0.05, 0) is 12.8 Å². The number of rotatable bonds is 2. The molecule has 0 aliphatic heterocycles. The normalized spacial score (nSPS) is 18.4. The van der Waals surface area contributed by atoms with E-state index in [1.807, 2.05) is 4.72 Å². The molecular weight excluding hydrogens is 154 g/mol.